The summed E-state index contributed by atoms with van der Waals surface area (Å²) in [7, 11) is 0. The number of nitrogens with two attached hydrogens (primary N) is 1. The Balaban J connectivity index is 2.59. The highest BCUT2D eigenvalue weighted by atomic mass is 79.9. The molecule has 0 saturated carbocycles. The van der Waals surface area contributed by atoms with Crippen LogP contribution < -0.4 is 5.73 Å². The summed E-state index contributed by atoms with van der Waals surface area (Å²) in [5.41, 5.74) is 6.56. The van der Waals surface area contributed by atoms with E-state index in [1.165, 1.54) is 0 Å². The van der Waals surface area contributed by atoms with E-state index in [2.05, 4.69) is 21.9 Å². The lowest BCUT2D eigenvalue weighted by atomic mass is 10.0. The van der Waals surface area contributed by atoms with Gasteiger partial charge in [-0.05, 0) is 17.7 Å². The van der Waals surface area contributed by atoms with Crippen LogP contribution in [-0.4, -0.2) is 11.8 Å². The van der Waals surface area contributed by atoms with Crippen LogP contribution in [0.3, 0.4) is 0 Å². The monoisotopic (exact) mass is 265 g/mol. The molecule has 0 aliphatic carbocycles. The third kappa shape index (κ3) is 3.86. The van der Waals surface area contributed by atoms with E-state index >= 15 is 0 Å². The standard InChI is InChI=1S/C12H12BrNO/c1-2-3-11(14)12(15)8-9-4-6-10(13)7-5-9/h1,4-7,11H,3,8,14H2. The number of carbonyl (C=O) groups is 1. The van der Waals surface area contributed by atoms with E-state index in [4.69, 9.17) is 12.2 Å². The summed E-state index contributed by atoms with van der Waals surface area (Å²) in [6.45, 7) is 0. The first-order valence-corrected chi connectivity index (χ1v) is 5.39. The second-order valence-electron chi connectivity index (χ2n) is 3.28. The maximum atomic E-state index is 11.6. The van der Waals surface area contributed by atoms with Gasteiger partial charge in [0.05, 0.1) is 6.04 Å². The zero-order valence-electron chi connectivity index (χ0n) is 8.24. The first-order valence-electron chi connectivity index (χ1n) is 4.59. The molecule has 0 aliphatic heterocycles. The van der Waals surface area contributed by atoms with Gasteiger partial charge in [0.2, 0.25) is 0 Å². The smallest absolute Gasteiger partial charge is 0.154 e. The van der Waals surface area contributed by atoms with E-state index in [0.29, 0.717) is 12.8 Å². The van der Waals surface area contributed by atoms with Gasteiger partial charge in [0.15, 0.2) is 5.78 Å². The molecule has 3 heteroatoms. The molecule has 0 saturated heterocycles. The Kier molecular flexibility index (Phi) is 4.54. The normalized spacial score (nSPS) is 11.8. The Morgan fingerprint density at radius 1 is 1.47 bits per heavy atom. The van der Waals surface area contributed by atoms with Gasteiger partial charge in [0.25, 0.3) is 0 Å². The van der Waals surface area contributed by atoms with Gasteiger partial charge in [0, 0.05) is 17.3 Å². The predicted octanol–water partition coefficient (Wildman–Crippen LogP) is 1.91. The van der Waals surface area contributed by atoms with Gasteiger partial charge in [-0.15, -0.1) is 12.3 Å². The minimum absolute atomic E-state index is 0.0183. The average molecular weight is 266 g/mol. The Morgan fingerprint density at radius 3 is 2.60 bits per heavy atom. The minimum Gasteiger partial charge on any atom is -0.321 e. The van der Waals surface area contributed by atoms with E-state index in [9.17, 15) is 4.79 Å². The molecule has 0 aliphatic rings. The van der Waals surface area contributed by atoms with Crippen molar-refractivity contribution in [2.75, 3.05) is 0 Å². The molecule has 0 bridgehead atoms. The Hall–Kier alpha value is -1.11. The van der Waals surface area contributed by atoms with Crippen LogP contribution in [0.5, 0.6) is 0 Å². The number of terminal acetylenes is 1. The summed E-state index contributed by atoms with van der Waals surface area (Å²) in [6.07, 6.45) is 5.74. The number of halogens is 1. The molecular weight excluding hydrogens is 254 g/mol. The summed E-state index contributed by atoms with van der Waals surface area (Å²) in [4.78, 5) is 11.6. The molecule has 0 radical (unpaired) electrons. The number of benzene rings is 1. The number of ketones is 1. The molecule has 2 N–H and O–H groups in total. The fourth-order valence-electron chi connectivity index (χ4n) is 1.18. The molecule has 78 valence electrons. The highest BCUT2D eigenvalue weighted by molar-refractivity contribution is 9.10. The molecule has 0 fully saturated rings. The highest BCUT2D eigenvalue weighted by Crippen LogP contribution is 2.11. The molecule has 1 aromatic carbocycles. The van der Waals surface area contributed by atoms with Gasteiger partial charge < -0.3 is 5.73 Å². The van der Waals surface area contributed by atoms with Crippen molar-refractivity contribution in [1.82, 2.24) is 0 Å². The summed E-state index contributed by atoms with van der Waals surface area (Å²) < 4.78 is 0.992. The first-order chi connectivity index (χ1) is 7.13. The van der Waals surface area contributed by atoms with Crippen LogP contribution in [0.2, 0.25) is 0 Å². The lowest BCUT2D eigenvalue weighted by Crippen LogP contribution is -2.31. The molecule has 1 aromatic rings. The van der Waals surface area contributed by atoms with Crippen molar-refractivity contribution in [2.24, 2.45) is 5.73 Å². The zero-order valence-corrected chi connectivity index (χ0v) is 9.83. The SMILES string of the molecule is C#CCC(N)C(=O)Cc1ccc(Br)cc1. The number of Topliss-reactive ketones (excluding diaryl/α,β-unsaturated/α-hetero) is 1. The van der Waals surface area contributed by atoms with Gasteiger partial charge in [-0.2, -0.15) is 0 Å². The van der Waals surface area contributed by atoms with Crippen molar-refractivity contribution >= 4 is 21.7 Å². The summed E-state index contributed by atoms with van der Waals surface area (Å²) in [5.74, 6) is 2.37. The van der Waals surface area contributed by atoms with Gasteiger partial charge in [-0.1, -0.05) is 28.1 Å². The maximum absolute atomic E-state index is 11.6. The number of hydrogen-bond donors (Lipinski definition) is 1. The molecule has 0 heterocycles. The largest absolute Gasteiger partial charge is 0.321 e. The minimum atomic E-state index is -0.543. The Bertz CT molecular complexity index is 378. The molecule has 1 unspecified atom stereocenters. The molecule has 15 heavy (non-hydrogen) atoms. The van der Waals surface area contributed by atoms with Crippen LogP contribution in [-0.2, 0) is 11.2 Å². The van der Waals surface area contributed by atoms with Crippen molar-refractivity contribution in [3.63, 3.8) is 0 Å². The average Bonchev–Trinajstić information content (AvgIpc) is 2.22. The van der Waals surface area contributed by atoms with Crippen LogP contribution in [0.4, 0.5) is 0 Å². The maximum Gasteiger partial charge on any atom is 0.154 e. The second-order valence-corrected chi connectivity index (χ2v) is 4.20. The Morgan fingerprint density at radius 2 is 2.07 bits per heavy atom. The molecule has 1 atom stereocenters. The van der Waals surface area contributed by atoms with Crippen molar-refractivity contribution in [3.05, 3.63) is 34.3 Å². The quantitative estimate of drug-likeness (QED) is 0.846. The molecule has 0 aromatic heterocycles. The molecule has 2 nitrogen and oxygen atoms in total. The van der Waals surface area contributed by atoms with E-state index in [-0.39, 0.29) is 5.78 Å². The zero-order chi connectivity index (χ0) is 11.3. The lowest BCUT2D eigenvalue weighted by Gasteiger charge is -2.06. The number of hydrogen-bond acceptors (Lipinski definition) is 2. The summed E-state index contributed by atoms with van der Waals surface area (Å²) >= 11 is 3.33. The third-order valence-corrected chi connectivity index (χ3v) is 2.57. The van der Waals surface area contributed by atoms with Crippen molar-refractivity contribution in [3.8, 4) is 12.3 Å². The van der Waals surface area contributed by atoms with Crippen LogP contribution >= 0.6 is 15.9 Å². The summed E-state index contributed by atoms with van der Waals surface area (Å²) in [5, 5.41) is 0. The predicted molar refractivity (Wildman–Crippen MR) is 64.3 cm³/mol. The van der Waals surface area contributed by atoms with Gasteiger partial charge in [-0.3, -0.25) is 4.79 Å². The van der Waals surface area contributed by atoms with E-state index in [1.807, 2.05) is 24.3 Å². The Labute approximate surface area is 98.0 Å². The van der Waals surface area contributed by atoms with Crippen molar-refractivity contribution in [2.45, 2.75) is 18.9 Å². The van der Waals surface area contributed by atoms with Gasteiger partial charge >= 0.3 is 0 Å². The molecular formula is C12H12BrNO. The number of rotatable bonds is 4. The van der Waals surface area contributed by atoms with E-state index in [0.717, 1.165) is 10.0 Å². The van der Waals surface area contributed by atoms with E-state index in [1.54, 1.807) is 0 Å². The van der Waals surface area contributed by atoms with Crippen molar-refractivity contribution in [1.29, 1.82) is 0 Å². The number of carbonyl (C=O) groups excluding carboxylic acids is 1. The van der Waals surface area contributed by atoms with E-state index < -0.39 is 6.04 Å². The highest BCUT2D eigenvalue weighted by Gasteiger charge is 2.12. The fourth-order valence-corrected chi connectivity index (χ4v) is 1.44. The lowest BCUT2D eigenvalue weighted by molar-refractivity contribution is -0.119. The first kappa shape index (κ1) is 12.0. The molecule has 0 amide bonds. The summed E-state index contributed by atoms with van der Waals surface area (Å²) in [6, 6.07) is 7.04. The van der Waals surface area contributed by atoms with Crippen LogP contribution in [0.1, 0.15) is 12.0 Å². The molecule has 1 rings (SSSR count). The van der Waals surface area contributed by atoms with Crippen LogP contribution in [0.15, 0.2) is 28.7 Å². The fraction of sp³-hybridized carbons (Fsp3) is 0.250. The van der Waals surface area contributed by atoms with Crippen LogP contribution in [0.25, 0.3) is 0 Å². The third-order valence-electron chi connectivity index (χ3n) is 2.04. The topological polar surface area (TPSA) is 43.1 Å². The second kappa shape index (κ2) is 5.69. The van der Waals surface area contributed by atoms with Gasteiger partial charge in [0.1, 0.15) is 0 Å². The molecule has 0 spiro atoms. The van der Waals surface area contributed by atoms with Crippen molar-refractivity contribution < 1.29 is 4.79 Å². The van der Waals surface area contributed by atoms with Gasteiger partial charge in [-0.25, -0.2) is 0 Å². The van der Waals surface area contributed by atoms with Crippen LogP contribution in [0, 0.1) is 12.3 Å².